The van der Waals surface area contributed by atoms with Gasteiger partial charge in [-0.25, -0.2) is 4.98 Å². The maximum Gasteiger partial charge on any atom is 0.307 e. The molecular formula is C14H15NO2S. The van der Waals surface area contributed by atoms with E-state index >= 15 is 0 Å². The molecule has 3 nitrogen and oxygen atoms in total. The summed E-state index contributed by atoms with van der Waals surface area (Å²) in [6, 6.07) is 8.01. The Labute approximate surface area is 110 Å². The van der Waals surface area contributed by atoms with Crippen LogP contribution >= 0.6 is 11.3 Å². The summed E-state index contributed by atoms with van der Waals surface area (Å²) in [5.41, 5.74) is 2.25. The maximum atomic E-state index is 11.3. The van der Waals surface area contributed by atoms with Crippen LogP contribution in [0.5, 0.6) is 0 Å². The monoisotopic (exact) mass is 261 g/mol. The highest BCUT2D eigenvalue weighted by molar-refractivity contribution is 7.09. The van der Waals surface area contributed by atoms with Crippen LogP contribution < -0.4 is 0 Å². The summed E-state index contributed by atoms with van der Waals surface area (Å²) in [5.74, 6) is -1.16. The van der Waals surface area contributed by atoms with Crippen molar-refractivity contribution in [3.05, 3.63) is 52.0 Å². The molecule has 0 aliphatic rings. The number of aliphatic carboxylic acids is 1. The molecule has 0 spiro atoms. The summed E-state index contributed by atoms with van der Waals surface area (Å²) in [6.45, 7) is 2.02. The number of aromatic nitrogens is 1. The van der Waals surface area contributed by atoms with E-state index in [0.29, 0.717) is 12.8 Å². The van der Waals surface area contributed by atoms with E-state index < -0.39 is 11.9 Å². The van der Waals surface area contributed by atoms with E-state index in [4.69, 9.17) is 0 Å². The first kappa shape index (κ1) is 12.8. The topological polar surface area (TPSA) is 50.2 Å². The smallest absolute Gasteiger partial charge is 0.307 e. The highest BCUT2D eigenvalue weighted by Gasteiger charge is 2.19. The van der Waals surface area contributed by atoms with Crippen LogP contribution in [0.3, 0.4) is 0 Å². The predicted octanol–water partition coefficient (Wildman–Crippen LogP) is 2.94. The summed E-state index contributed by atoms with van der Waals surface area (Å²) >= 11 is 1.51. The van der Waals surface area contributed by atoms with Gasteiger partial charge in [0.1, 0.15) is 0 Å². The van der Waals surface area contributed by atoms with Crippen LogP contribution in [0.4, 0.5) is 0 Å². The lowest BCUT2D eigenvalue weighted by Gasteiger charge is -2.11. The Kier molecular flexibility index (Phi) is 4.10. The average Bonchev–Trinajstić information content (AvgIpc) is 2.84. The quantitative estimate of drug-likeness (QED) is 0.900. The van der Waals surface area contributed by atoms with Crippen molar-refractivity contribution in [3.8, 4) is 0 Å². The van der Waals surface area contributed by atoms with Crippen molar-refractivity contribution in [2.45, 2.75) is 19.8 Å². The molecule has 1 unspecified atom stereocenters. The highest BCUT2D eigenvalue weighted by Crippen LogP contribution is 2.17. The van der Waals surface area contributed by atoms with Gasteiger partial charge in [0.15, 0.2) is 0 Å². The van der Waals surface area contributed by atoms with Gasteiger partial charge >= 0.3 is 5.97 Å². The lowest BCUT2D eigenvalue weighted by atomic mass is 9.96. The van der Waals surface area contributed by atoms with Crippen molar-refractivity contribution in [3.63, 3.8) is 0 Å². The van der Waals surface area contributed by atoms with Crippen LogP contribution in [-0.4, -0.2) is 16.1 Å². The number of carboxylic acid groups (broad SMARTS) is 1. The number of benzene rings is 1. The molecule has 0 aliphatic carbocycles. The van der Waals surface area contributed by atoms with Crippen LogP contribution in [-0.2, 0) is 17.6 Å². The van der Waals surface area contributed by atoms with Crippen LogP contribution in [0.15, 0.2) is 35.8 Å². The summed E-state index contributed by atoms with van der Waals surface area (Å²) in [6.07, 6.45) is 2.76. The molecule has 1 aromatic carbocycles. The minimum Gasteiger partial charge on any atom is -0.481 e. The fourth-order valence-electron chi connectivity index (χ4n) is 1.82. The summed E-state index contributed by atoms with van der Waals surface area (Å²) in [7, 11) is 0. The van der Waals surface area contributed by atoms with Gasteiger partial charge in [-0.3, -0.25) is 4.79 Å². The standard InChI is InChI=1S/C14H15NO2S/c1-10-2-4-11(5-3-10)8-12(14(16)17)9-13-15-6-7-18-13/h2-7,12H,8-9H2,1H3,(H,16,17). The molecule has 2 aromatic rings. The number of nitrogens with zero attached hydrogens (tertiary/aromatic N) is 1. The number of hydrogen-bond donors (Lipinski definition) is 1. The molecule has 0 aliphatic heterocycles. The van der Waals surface area contributed by atoms with Crippen molar-refractivity contribution in [1.82, 2.24) is 4.98 Å². The second-order valence-corrected chi connectivity index (χ2v) is 5.33. The Balaban J connectivity index is 2.06. The van der Waals surface area contributed by atoms with Crippen molar-refractivity contribution in [2.75, 3.05) is 0 Å². The maximum absolute atomic E-state index is 11.3. The molecule has 0 saturated carbocycles. The molecule has 0 fully saturated rings. The second kappa shape index (κ2) is 5.78. The van der Waals surface area contributed by atoms with Gasteiger partial charge in [0.25, 0.3) is 0 Å². The number of aryl methyl sites for hydroxylation is 1. The van der Waals surface area contributed by atoms with Crippen LogP contribution in [0.25, 0.3) is 0 Å². The largest absolute Gasteiger partial charge is 0.481 e. The Hall–Kier alpha value is -1.68. The van der Waals surface area contributed by atoms with Crippen LogP contribution in [0.2, 0.25) is 0 Å². The predicted molar refractivity (Wildman–Crippen MR) is 71.8 cm³/mol. The molecule has 2 rings (SSSR count). The molecule has 0 bridgehead atoms. The van der Waals surface area contributed by atoms with E-state index in [-0.39, 0.29) is 0 Å². The zero-order valence-electron chi connectivity index (χ0n) is 10.2. The normalized spacial score (nSPS) is 12.3. The number of carbonyl (C=O) groups is 1. The number of rotatable bonds is 5. The first-order valence-corrected chi connectivity index (χ1v) is 6.70. The fraction of sp³-hybridized carbons (Fsp3) is 0.286. The minimum absolute atomic E-state index is 0.404. The van der Waals surface area contributed by atoms with Crippen LogP contribution in [0, 0.1) is 12.8 Å². The molecule has 1 aromatic heterocycles. The molecule has 0 saturated heterocycles. The number of carboxylic acids is 1. The van der Waals surface area contributed by atoms with E-state index in [1.807, 2.05) is 36.6 Å². The van der Waals surface area contributed by atoms with Gasteiger partial charge in [-0.1, -0.05) is 29.8 Å². The van der Waals surface area contributed by atoms with Crippen molar-refractivity contribution >= 4 is 17.3 Å². The van der Waals surface area contributed by atoms with E-state index in [1.165, 1.54) is 16.9 Å². The SMILES string of the molecule is Cc1ccc(CC(Cc2nccs2)C(=O)O)cc1. The molecular weight excluding hydrogens is 246 g/mol. The first-order chi connectivity index (χ1) is 8.65. The van der Waals surface area contributed by atoms with Crippen molar-refractivity contribution < 1.29 is 9.90 Å². The average molecular weight is 261 g/mol. The van der Waals surface area contributed by atoms with Gasteiger partial charge in [0.05, 0.1) is 10.9 Å². The zero-order valence-corrected chi connectivity index (χ0v) is 11.0. The fourth-order valence-corrected chi connectivity index (χ4v) is 2.52. The van der Waals surface area contributed by atoms with Gasteiger partial charge < -0.3 is 5.11 Å². The molecule has 1 atom stereocenters. The Morgan fingerprint density at radius 1 is 1.33 bits per heavy atom. The zero-order chi connectivity index (χ0) is 13.0. The van der Waals surface area contributed by atoms with Crippen molar-refractivity contribution in [2.24, 2.45) is 5.92 Å². The van der Waals surface area contributed by atoms with Gasteiger partial charge in [0, 0.05) is 18.0 Å². The Bertz CT molecular complexity index is 505. The minimum atomic E-state index is -0.759. The molecule has 0 radical (unpaired) electrons. The summed E-state index contributed by atoms with van der Waals surface area (Å²) < 4.78 is 0. The Morgan fingerprint density at radius 3 is 2.61 bits per heavy atom. The van der Waals surface area contributed by atoms with Gasteiger partial charge in [0.2, 0.25) is 0 Å². The lowest BCUT2D eigenvalue weighted by Crippen LogP contribution is -2.19. The van der Waals surface area contributed by atoms with Gasteiger partial charge in [-0.05, 0) is 18.9 Å². The molecule has 0 amide bonds. The summed E-state index contributed by atoms with van der Waals surface area (Å²) in [4.78, 5) is 15.4. The number of thiazole rings is 1. The van der Waals surface area contributed by atoms with Crippen LogP contribution in [0.1, 0.15) is 16.1 Å². The third kappa shape index (κ3) is 3.40. The molecule has 4 heteroatoms. The second-order valence-electron chi connectivity index (χ2n) is 4.35. The van der Waals surface area contributed by atoms with E-state index in [0.717, 1.165) is 10.6 Å². The molecule has 18 heavy (non-hydrogen) atoms. The Morgan fingerprint density at radius 2 is 2.06 bits per heavy atom. The van der Waals surface area contributed by atoms with Crippen molar-refractivity contribution in [1.29, 1.82) is 0 Å². The highest BCUT2D eigenvalue weighted by atomic mass is 32.1. The van der Waals surface area contributed by atoms with E-state index in [2.05, 4.69) is 4.98 Å². The van der Waals surface area contributed by atoms with E-state index in [9.17, 15) is 9.90 Å². The molecule has 94 valence electrons. The van der Waals surface area contributed by atoms with Gasteiger partial charge in [-0.15, -0.1) is 11.3 Å². The van der Waals surface area contributed by atoms with Gasteiger partial charge in [-0.2, -0.15) is 0 Å². The molecule has 1 N–H and O–H groups in total. The summed E-state index contributed by atoms with van der Waals surface area (Å²) in [5, 5.41) is 12.0. The first-order valence-electron chi connectivity index (χ1n) is 5.82. The number of hydrogen-bond acceptors (Lipinski definition) is 3. The third-order valence-corrected chi connectivity index (χ3v) is 3.66. The lowest BCUT2D eigenvalue weighted by molar-refractivity contribution is -0.141. The van der Waals surface area contributed by atoms with E-state index in [1.54, 1.807) is 6.20 Å². The third-order valence-electron chi connectivity index (χ3n) is 2.86. The molecule has 1 heterocycles.